The maximum absolute atomic E-state index is 11.3. The Morgan fingerprint density at radius 1 is 1.24 bits per heavy atom. The van der Waals surface area contributed by atoms with Crippen LogP contribution in [-0.4, -0.2) is 20.9 Å². The summed E-state index contributed by atoms with van der Waals surface area (Å²) < 4.78 is 1.92. The van der Waals surface area contributed by atoms with E-state index in [-0.39, 0.29) is 5.54 Å². The van der Waals surface area contributed by atoms with Crippen molar-refractivity contribution in [2.24, 2.45) is 0 Å². The Morgan fingerprint density at radius 3 is 2.48 bits per heavy atom. The smallest absolute Gasteiger partial charge is 0.345 e. The third-order valence-electron chi connectivity index (χ3n) is 3.25. The lowest BCUT2D eigenvalue weighted by molar-refractivity contribution is 0.0702. The van der Waals surface area contributed by atoms with Crippen molar-refractivity contribution in [2.75, 3.05) is 0 Å². The standard InChI is InChI=1S/C16H16N2O2S/c1-16(2,3)18-14-11(9-12(21-14)15(19)20)13(17-18)10-7-5-4-6-8-10/h4-9H,1-3H3,(H,19,20). The highest BCUT2D eigenvalue weighted by molar-refractivity contribution is 7.20. The SMILES string of the molecule is CC(C)(C)n1nc(-c2ccccc2)c2cc(C(=O)O)sc21. The second-order valence-corrected chi connectivity index (χ2v) is 6.96. The van der Waals surface area contributed by atoms with Gasteiger partial charge in [-0.25, -0.2) is 9.48 Å². The van der Waals surface area contributed by atoms with Crippen molar-refractivity contribution in [3.05, 3.63) is 41.3 Å². The first-order valence-corrected chi connectivity index (χ1v) is 7.51. The lowest BCUT2D eigenvalue weighted by Crippen LogP contribution is -2.22. The van der Waals surface area contributed by atoms with Crippen LogP contribution in [0.5, 0.6) is 0 Å². The minimum absolute atomic E-state index is 0.202. The Balaban J connectivity index is 2.32. The highest BCUT2D eigenvalue weighted by atomic mass is 32.1. The van der Waals surface area contributed by atoms with Gasteiger partial charge in [0.1, 0.15) is 15.4 Å². The summed E-state index contributed by atoms with van der Waals surface area (Å²) >= 11 is 1.28. The van der Waals surface area contributed by atoms with E-state index in [1.165, 1.54) is 11.3 Å². The summed E-state index contributed by atoms with van der Waals surface area (Å²) in [5.74, 6) is -0.893. The molecule has 0 aliphatic carbocycles. The van der Waals surface area contributed by atoms with E-state index in [9.17, 15) is 9.90 Å². The van der Waals surface area contributed by atoms with Crippen LogP contribution in [0.3, 0.4) is 0 Å². The van der Waals surface area contributed by atoms with Gasteiger partial charge in [-0.1, -0.05) is 30.3 Å². The zero-order valence-corrected chi connectivity index (χ0v) is 12.9. The maximum atomic E-state index is 11.3. The highest BCUT2D eigenvalue weighted by Crippen LogP contribution is 2.36. The predicted molar refractivity (Wildman–Crippen MR) is 85.0 cm³/mol. The number of aromatic nitrogens is 2. The van der Waals surface area contributed by atoms with E-state index in [4.69, 9.17) is 5.10 Å². The summed E-state index contributed by atoms with van der Waals surface area (Å²) in [6, 6.07) is 11.6. The minimum Gasteiger partial charge on any atom is -0.477 e. The molecular formula is C16H16N2O2S. The monoisotopic (exact) mass is 300 g/mol. The van der Waals surface area contributed by atoms with E-state index >= 15 is 0 Å². The number of fused-ring (bicyclic) bond motifs is 1. The van der Waals surface area contributed by atoms with Gasteiger partial charge in [-0.2, -0.15) is 5.10 Å². The minimum atomic E-state index is -0.893. The number of carbonyl (C=O) groups is 1. The van der Waals surface area contributed by atoms with Gasteiger partial charge in [-0.15, -0.1) is 11.3 Å². The van der Waals surface area contributed by atoms with Crippen LogP contribution in [0.4, 0.5) is 0 Å². The van der Waals surface area contributed by atoms with E-state index in [0.717, 1.165) is 21.5 Å². The number of carboxylic acid groups (broad SMARTS) is 1. The van der Waals surface area contributed by atoms with Gasteiger partial charge in [0.15, 0.2) is 0 Å². The Hall–Kier alpha value is -2.14. The second-order valence-electron chi connectivity index (χ2n) is 5.93. The number of hydrogen-bond acceptors (Lipinski definition) is 3. The summed E-state index contributed by atoms with van der Waals surface area (Å²) in [6.45, 7) is 6.19. The van der Waals surface area contributed by atoms with Crippen LogP contribution < -0.4 is 0 Å². The number of hydrogen-bond donors (Lipinski definition) is 1. The molecule has 0 saturated heterocycles. The number of carboxylic acids is 1. The highest BCUT2D eigenvalue weighted by Gasteiger charge is 2.24. The van der Waals surface area contributed by atoms with Gasteiger partial charge in [0, 0.05) is 10.9 Å². The zero-order chi connectivity index (χ0) is 15.2. The van der Waals surface area contributed by atoms with Crippen molar-refractivity contribution in [2.45, 2.75) is 26.3 Å². The van der Waals surface area contributed by atoms with Crippen molar-refractivity contribution in [1.82, 2.24) is 9.78 Å². The van der Waals surface area contributed by atoms with E-state index in [1.54, 1.807) is 6.07 Å². The molecule has 0 radical (unpaired) electrons. The molecule has 0 amide bonds. The van der Waals surface area contributed by atoms with Crippen LogP contribution in [0.25, 0.3) is 21.5 Å². The molecular weight excluding hydrogens is 284 g/mol. The fourth-order valence-electron chi connectivity index (χ4n) is 2.28. The van der Waals surface area contributed by atoms with E-state index in [0.29, 0.717) is 4.88 Å². The molecule has 2 heterocycles. The Morgan fingerprint density at radius 2 is 1.90 bits per heavy atom. The Kier molecular flexibility index (Phi) is 3.10. The first-order valence-electron chi connectivity index (χ1n) is 6.69. The van der Waals surface area contributed by atoms with Crippen molar-refractivity contribution < 1.29 is 9.90 Å². The topological polar surface area (TPSA) is 55.1 Å². The normalized spacial score (nSPS) is 12.0. The molecule has 0 aliphatic heterocycles. The summed E-state index contributed by atoms with van der Waals surface area (Å²) in [4.78, 5) is 12.5. The lowest BCUT2D eigenvalue weighted by Gasteiger charge is -2.19. The van der Waals surface area contributed by atoms with Crippen LogP contribution >= 0.6 is 11.3 Å². The van der Waals surface area contributed by atoms with Gasteiger partial charge in [-0.05, 0) is 26.8 Å². The number of rotatable bonds is 2. The quantitative estimate of drug-likeness (QED) is 0.771. The Bertz CT molecular complexity index is 810. The second kappa shape index (κ2) is 4.70. The largest absolute Gasteiger partial charge is 0.477 e. The fraction of sp³-hybridized carbons (Fsp3) is 0.250. The van der Waals surface area contributed by atoms with Gasteiger partial charge in [0.25, 0.3) is 0 Å². The Labute approximate surface area is 126 Å². The first kappa shape index (κ1) is 13.8. The third kappa shape index (κ3) is 2.34. The molecule has 1 N–H and O–H groups in total. The molecule has 0 aliphatic rings. The van der Waals surface area contributed by atoms with E-state index in [1.807, 2.05) is 35.0 Å². The molecule has 0 unspecified atom stereocenters. The van der Waals surface area contributed by atoms with Crippen molar-refractivity contribution in [3.8, 4) is 11.3 Å². The van der Waals surface area contributed by atoms with Gasteiger partial charge in [-0.3, -0.25) is 0 Å². The summed E-state index contributed by atoms with van der Waals surface area (Å²) in [5, 5.41) is 14.9. The molecule has 0 fully saturated rings. The fourth-order valence-corrected chi connectivity index (χ4v) is 3.42. The van der Waals surface area contributed by atoms with Crippen LogP contribution in [0.2, 0.25) is 0 Å². The molecule has 0 spiro atoms. The molecule has 1 aromatic carbocycles. The molecule has 108 valence electrons. The molecule has 5 heteroatoms. The van der Waals surface area contributed by atoms with Crippen LogP contribution in [-0.2, 0) is 5.54 Å². The third-order valence-corrected chi connectivity index (χ3v) is 4.35. The van der Waals surface area contributed by atoms with Crippen LogP contribution in [0.1, 0.15) is 30.4 Å². The first-order chi connectivity index (χ1) is 9.88. The summed E-state index contributed by atoms with van der Waals surface area (Å²) in [5.41, 5.74) is 1.64. The van der Waals surface area contributed by atoms with Crippen molar-refractivity contribution in [1.29, 1.82) is 0 Å². The molecule has 0 bridgehead atoms. The zero-order valence-electron chi connectivity index (χ0n) is 12.1. The summed E-state index contributed by atoms with van der Waals surface area (Å²) in [7, 11) is 0. The molecule has 0 atom stereocenters. The summed E-state index contributed by atoms with van der Waals surface area (Å²) in [6.07, 6.45) is 0. The van der Waals surface area contributed by atoms with Crippen molar-refractivity contribution in [3.63, 3.8) is 0 Å². The lowest BCUT2D eigenvalue weighted by atomic mass is 10.1. The van der Waals surface area contributed by atoms with Gasteiger partial charge in [0.05, 0.1) is 5.54 Å². The van der Waals surface area contributed by atoms with Gasteiger partial charge < -0.3 is 5.11 Å². The molecule has 3 aromatic rings. The number of benzene rings is 1. The van der Waals surface area contributed by atoms with Crippen LogP contribution in [0.15, 0.2) is 36.4 Å². The van der Waals surface area contributed by atoms with Gasteiger partial charge in [0.2, 0.25) is 0 Å². The molecule has 2 aromatic heterocycles. The average molecular weight is 300 g/mol. The number of aromatic carboxylic acids is 1. The van der Waals surface area contributed by atoms with E-state index in [2.05, 4.69) is 20.8 Å². The maximum Gasteiger partial charge on any atom is 0.345 e. The van der Waals surface area contributed by atoms with E-state index < -0.39 is 5.97 Å². The van der Waals surface area contributed by atoms with Crippen molar-refractivity contribution >= 4 is 27.5 Å². The molecule has 4 nitrogen and oxygen atoms in total. The van der Waals surface area contributed by atoms with Crippen LogP contribution in [0, 0.1) is 0 Å². The van der Waals surface area contributed by atoms with Gasteiger partial charge >= 0.3 is 5.97 Å². The number of nitrogens with zero attached hydrogens (tertiary/aromatic N) is 2. The molecule has 0 saturated carbocycles. The molecule has 21 heavy (non-hydrogen) atoms. The average Bonchev–Trinajstić information content (AvgIpc) is 2.96. The predicted octanol–water partition coefficient (Wildman–Crippen LogP) is 4.22. The number of thiophene rings is 1. The molecule has 3 rings (SSSR count).